The average Bonchev–Trinajstić information content (AvgIpc) is 2.57. The Bertz CT molecular complexity index is 931. The van der Waals surface area contributed by atoms with Crippen molar-refractivity contribution in [1.82, 2.24) is 0 Å². The summed E-state index contributed by atoms with van der Waals surface area (Å²) in [5.74, 6) is 0.428. The Morgan fingerprint density at radius 2 is 2.00 bits per heavy atom. The van der Waals surface area contributed by atoms with E-state index in [2.05, 4.69) is 38.9 Å². The molecule has 0 fully saturated rings. The molecule has 1 atom stereocenters. The zero-order chi connectivity index (χ0) is 18.9. The van der Waals surface area contributed by atoms with Gasteiger partial charge in [-0.2, -0.15) is 0 Å². The molecule has 1 unspecified atom stereocenters. The van der Waals surface area contributed by atoms with Gasteiger partial charge in [-0.1, -0.05) is 51.3 Å². The van der Waals surface area contributed by atoms with E-state index in [1.165, 1.54) is 15.6 Å². The number of benzene rings is 2. The maximum atomic E-state index is 11.7. The largest absolute Gasteiger partial charge is 0.283 e. The highest BCUT2D eigenvalue weighted by Crippen LogP contribution is 2.40. The van der Waals surface area contributed by atoms with Gasteiger partial charge in [0.2, 0.25) is 10.0 Å². The Balaban J connectivity index is 1.87. The van der Waals surface area contributed by atoms with E-state index in [-0.39, 0.29) is 0 Å². The van der Waals surface area contributed by atoms with Crippen molar-refractivity contribution in [2.45, 2.75) is 38.0 Å². The molecule has 3 nitrogen and oxygen atoms in total. The Morgan fingerprint density at radius 1 is 1.23 bits per heavy atom. The van der Waals surface area contributed by atoms with Gasteiger partial charge in [0.25, 0.3) is 0 Å². The van der Waals surface area contributed by atoms with Crippen molar-refractivity contribution in [2.75, 3.05) is 11.0 Å². The lowest BCUT2D eigenvalue weighted by Crippen LogP contribution is -2.14. The van der Waals surface area contributed by atoms with Gasteiger partial charge in [0, 0.05) is 4.47 Å². The van der Waals surface area contributed by atoms with Gasteiger partial charge in [-0.05, 0) is 72.9 Å². The minimum atomic E-state index is -3.38. The van der Waals surface area contributed by atoms with E-state index in [4.69, 9.17) is 23.2 Å². The first-order chi connectivity index (χ1) is 12.3. The molecule has 0 saturated carbocycles. The average molecular weight is 477 g/mol. The number of nitrogens with one attached hydrogen (secondary N) is 1. The van der Waals surface area contributed by atoms with Crippen molar-refractivity contribution in [3.63, 3.8) is 0 Å². The molecule has 0 bridgehead atoms. The van der Waals surface area contributed by atoms with Crippen LogP contribution >= 0.6 is 39.1 Å². The first-order valence-corrected chi connectivity index (χ1v) is 11.9. The summed E-state index contributed by atoms with van der Waals surface area (Å²) >= 11 is 16.2. The first kappa shape index (κ1) is 20.0. The summed E-state index contributed by atoms with van der Waals surface area (Å²) in [4.78, 5) is 0. The van der Waals surface area contributed by atoms with Crippen molar-refractivity contribution in [3.8, 4) is 0 Å². The molecule has 0 spiro atoms. The van der Waals surface area contributed by atoms with Crippen LogP contribution in [-0.2, 0) is 22.9 Å². The summed E-state index contributed by atoms with van der Waals surface area (Å²) in [6, 6.07) is 9.65. The molecule has 0 aromatic heterocycles. The second-order valence-corrected chi connectivity index (χ2v) is 10.1. The lowest BCUT2D eigenvalue weighted by atomic mass is 9.80. The fourth-order valence-electron chi connectivity index (χ4n) is 3.65. The minimum Gasteiger partial charge on any atom is -0.283 e. The molecule has 1 aliphatic rings. The second kappa shape index (κ2) is 8.09. The second-order valence-electron chi connectivity index (χ2n) is 6.70. The van der Waals surface area contributed by atoms with Crippen molar-refractivity contribution in [3.05, 3.63) is 61.5 Å². The van der Waals surface area contributed by atoms with Gasteiger partial charge in [0.1, 0.15) is 0 Å². The lowest BCUT2D eigenvalue weighted by molar-refractivity contribution is 0.520. The number of fused-ring (bicyclic) bond motifs is 1. The highest BCUT2D eigenvalue weighted by atomic mass is 79.9. The Labute approximate surface area is 173 Å². The van der Waals surface area contributed by atoms with Crippen LogP contribution in [0.2, 0.25) is 10.0 Å². The SMILES string of the molecule is CS(=O)(=O)Nc1ccc(Cl)c(Cl)c1CCC1CCCc2c(Br)cccc21. The molecule has 0 radical (unpaired) electrons. The zero-order valence-electron chi connectivity index (χ0n) is 14.4. The number of hydrogen-bond acceptors (Lipinski definition) is 2. The molecule has 1 aliphatic carbocycles. The van der Waals surface area contributed by atoms with Crippen LogP contribution in [0.1, 0.15) is 41.9 Å². The smallest absolute Gasteiger partial charge is 0.229 e. The molecule has 1 N–H and O–H groups in total. The fourth-order valence-corrected chi connectivity index (χ4v) is 5.26. The number of hydrogen-bond donors (Lipinski definition) is 1. The van der Waals surface area contributed by atoms with Crippen LogP contribution in [0.3, 0.4) is 0 Å². The first-order valence-electron chi connectivity index (χ1n) is 8.48. The van der Waals surface area contributed by atoms with E-state index >= 15 is 0 Å². The highest BCUT2D eigenvalue weighted by molar-refractivity contribution is 9.10. The summed E-state index contributed by atoms with van der Waals surface area (Å²) in [5, 5.41) is 0.859. The van der Waals surface area contributed by atoms with E-state index in [1.807, 2.05) is 0 Å². The zero-order valence-corrected chi connectivity index (χ0v) is 18.3. The van der Waals surface area contributed by atoms with Crippen LogP contribution in [0.5, 0.6) is 0 Å². The molecule has 0 aliphatic heterocycles. The van der Waals surface area contributed by atoms with E-state index in [1.54, 1.807) is 12.1 Å². The van der Waals surface area contributed by atoms with Crippen LogP contribution in [0, 0.1) is 0 Å². The van der Waals surface area contributed by atoms with Crippen molar-refractivity contribution >= 4 is 54.8 Å². The van der Waals surface area contributed by atoms with Gasteiger partial charge in [-0.25, -0.2) is 8.42 Å². The van der Waals surface area contributed by atoms with E-state index in [0.29, 0.717) is 28.1 Å². The summed E-state index contributed by atoms with van der Waals surface area (Å²) in [6.45, 7) is 0. The minimum absolute atomic E-state index is 0.422. The molecule has 0 saturated heterocycles. The topological polar surface area (TPSA) is 46.2 Å². The highest BCUT2D eigenvalue weighted by Gasteiger charge is 2.23. The van der Waals surface area contributed by atoms with Crippen LogP contribution in [-0.4, -0.2) is 14.7 Å². The number of sulfonamides is 1. The molecule has 7 heteroatoms. The molecule has 26 heavy (non-hydrogen) atoms. The summed E-state index contributed by atoms with van der Waals surface area (Å²) in [5.41, 5.74) is 4.02. The van der Waals surface area contributed by atoms with Crippen LogP contribution in [0.4, 0.5) is 5.69 Å². The fraction of sp³-hybridized carbons (Fsp3) is 0.368. The molecule has 2 aromatic carbocycles. The van der Waals surface area contributed by atoms with Gasteiger partial charge < -0.3 is 0 Å². The predicted molar refractivity (Wildman–Crippen MR) is 113 cm³/mol. The Hall–Kier alpha value is -0.750. The van der Waals surface area contributed by atoms with Crippen LogP contribution < -0.4 is 4.72 Å². The third-order valence-electron chi connectivity index (χ3n) is 4.81. The maximum absolute atomic E-state index is 11.7. The third-order valence-corrected chi connectivity index (χ3v) is 6.99. The van der Waals surface area contributed by atoms with E-state index < -0.39 is 10.0 Å². The summed E-state index contributed by atoms with van der Waals surface area (Å²) in [7, 11) is -3.38. The lowest BCUT2D eigenvalue weighted by Gasteiger charge is -2.27. The third kappa shape index (κ3) is 4.56. The monoisotopic (exact) mass is 475 g/mol. The van der Waals surface area contributed by atoms with Gasteiger partial charge >= 0.3 is 0 Å². The quantitative estimate of drug-likeness (QED) is 0.559. The normalized spacial score (nSPS) is 17.0. The Morgan fingerprint density at radius 3 is 2.73 bits per heavy atom. The molecule has 140 valence electrons. The molecule has 0 amide bonds. The van der Waals surface area contributed by atoms with Crippen LogP contribution in [0.15, 0.2) is 34.8 Å². The Kier molecular flexibility index (Phi) is 6.22. The van der Waals surface area contributed by atoms with E-state index in [0.717, 1.165) is 37.5 Å². The maximum Gasteiger partial charge on any atom is 0.229 e. The van der Waals surface area contributed by atoms with Crippen LogP contribution in [0.25, 0.3) is 0 Å². The van der Waals surface area contributed by atoms with Gasteiger partial charge in [0.15, 0.2) is 0 Å². The standard InChI is InChI=1S/C19H20BrCl2NO2S/c1-26(24,25)23-18-11-10-17(21)19(22)15(18)9-8-12-4-2-6-14-13(12)5-3-7-16(14)20/h3,5,7,10-12,23H,2,4,6,8-9H2,1H3. The number of rotatable bonds is 5. The van der Waals surface area contributed by atoms with Gasteiger partial charge in [-0.3, -0.25) is 4.72 Å². The molecule has 2 aromatic rings. The summed E-state index contributed by atoms with van der Waals surface area (Å²) in [6.07, 6.45) is 6.05. The van der Waals surface area contributed by atoms with Crippen molar-refractivity contribution in [2.24, 2.45) is 0 Å². The molecular weight excluding hydrogens is 457 g/mol. The number of halogens is 3. The van der Waals surface area contributed by atoms with Crippen molar-refractivity contribution in [1.29, 1.82) is 0 Å². The molecular formula is C19H20BrCl2NO2S. The molecule has 0 heterocycles. The van der Waals surface area contributed by atoms with E-state index in [9.17, 15) is 8.42 Å². The number of anilines is 1. The van der Waals surface area contributed by atoms with Crippen molar-refractivity contribution < 1.29 is 8.42 Å². The molecule has 3 rings (SSSR count). The predicted octanol–water partition coefficient (Wildman–Crippen LogP) is 6.18. The van der Waals surface area contributed by atoms with Gasteiger partial charge in [-0.15, -0.1) is 0 Å². The van der Waals surface area contributed by atoms with Gasteiger partial charge in [0.05, 0.1) is 22.0 Å². The summed E-state index contributed by atoms with van der Waals surface area (Å²) < 4.78 is 27.0.